The van der Waals surface area contributed by atoms with Gasteiger partial charge in [-0.3, -0.25) is 4.79 Å². The molecule has 0 spiro atoms. The zero-order chi connectivity index (χ0) is 20.4. The normalized spacial score (nSPS) is 11.5. The Hall–Kier alpha value is -1.61. The highest BCUT2D eigenvalue weighted by Crippen LogP contribution is 2.29. The van der Waals surface area contributed by atoms with Crippen LogP contribution >= 0.6 is 27.5 Å². The molecule has 0 heterocycles. The molecule has 0 saturated carbocycles. The third kappa shape index (κ3) is 5.01. The second kappa shape index (κ2) is 8.60. The van der Waals surface area contributed by atoms with Crippen molar-refractivity contribution in [3.8, 4) is 5.75 Å². The maximum atomic E-state index is 12.8. The minimum atomic E-state index is -3.96. The predicted molar refractivity (Wildman–Crippen MR) is 110 cm³/mol. The zero-order valence-electron chi connectivity index (χ0n) is 15.3. The molecule has 0 aliphatic rings. The number of anilines is 1. The molecule has 2 aromatic carbocycles. The zero-order valence-corrected chi connectivity index (χ0v) is 18.5. The second-order valence-corrected chi connectivity index (χ2v) is 9.38. The first kappa shape index (κ1) is 21.7. The van der Waals surface area contributed by atoms with Crippen molar-refractivity contribution >= 4 is 49.1 Å². The van der Waals surface area contributed by atoms with Gasteiger partial charge in [0.05, 0.1) is 13.7 Å². The summed E-state index contributed by atoms with van der Waals surface area (Å²) >= 11 is 9.33. The number of rotatable bonds is 6. The molecular weight excluding hydrogens is 456 g/mol. The quantitative estimate of drug-likeness (QED) is 0.685. The molecule has 6 nitrogen and oxygen atoms in total. The van der Waals surface area contributed by atoms with Crippen molar-refractivity contribution in [2.75, 3.05) is 26.0 Å². The van der Waals surface area contributed by atoms with Gasteiger partial charge in [0, 0.05) is 22.2 Å². The summed E-state index contributed by atoms with van der Waals surface area (Å²) in [6, 6.07) is 8.05. The van der Waals surface area contributed by atoms with Crippen LogP contribution in [0.2, 0.25) is 5.02 Å². The van der Waals surface area contributed by atoms with E-state index in [9.17, 15) is 13.2 Å². The molecule has 0 radical (unpaired) electrons. The highest BCUT2D eigenvalue weighted by Gasteiger charge is 2.27. The maximum absolute atomic E-state index is 12.8. The number of nitrogens with zero attached hydrogens (tertiary/aromatic N) is 1. The molecule has 27 heavy (non-hydrogen) atoms. The number of halogens is 2. The van der Waals surface area contributed by atoms with E-state index in [0.717, 1.165) is 19.9 Å². The smallest absolute Gasteiger partial charge is 0.247 e. The molecule has 0 aromatic heterocycles. The van der Waals surface area contributed by atoms with Crippen molar-refractivity contribution in [2.24, 2.45) is 0 Å². The Morgan fingerprint density at radius 1 is 1.22 bits per heavy atom. The third-order valence-corrected chi connectivity index (χ3v) is 6.46. The van der Waals surface area contributed by atoms with E-state index >= 15 is 0 Å². The van der Waals surface area contributed by atoms with Gasteiger partial charge in [0.15, 0.2) is 0 Å². The summed E-state index contributed by atoms with van der Waals surface area (Å²) in [6.45, 7) is 3.38. The lowest BCUT2D eigenvalue weighted by atomic mass is 10.1. The number of benzene rings is 2. The summed E-state index contributed by atoms with van der Waals surface area (Å²) in [6.07, 6.45) is 0. The monoisotopic (exact) mass is 474 g/mol. The lowest BCUT2D eigenvalue weighted by Gasteiger charge is -2.19. The summed E-state index contributed by atoms with van der Waals surface area (Å²) in [5, 5.41) is 3.03. The average Bonchev–Trinajstić information content (AvgIpc) is 2.57. The summed E-state index contributed by atoms with van der Waals surface area (Å²) in [4.78, 5) is 12.3. The van der Waals surface area contributed by atoms with Crippen LogP contribution in [0.3, 0.4) is 0 Å². The molecule has 0 bridgehead atoms. The molecule has 1 amide bonds. The number of carbonyl (C=O) groups excluding carboxylic acids is 1. The van der Waals surface area contributed by atoms with Crippen LogP contribution in [0.15, 0.2) is 39.7 Å². The number of sulfonamides is 1. The van der Waals surface area contributed by atoms with E-state index in [2.05, 4.69) is 21.2 Å². The van der Waals surface area contributed by atoms with Gasteiger partial charge in [-0.25, -0.2) is 8.42 Å². The van der Waals surface area contributed by atoms with E-state index in [1.54, 1.807) is 0 Å². The largest absolute Gasteiger partial charge is 0.495 e. The van der Waals surface area contributed by atoms with Gasteiger partial charge in [0.2, 0.25) is 15.9 Å². The molecular formula is C18H20BrClN2O4S. The minimum Gasteiger partial charge on any atom is -0.495 e. The molecule has 0 unspecified atom stereocenters. The molecule has 146 valence electrons. The summed E-state index contributed by atoms with van der Waals surface area (Å²) in [7, 11) is -1.26. The Bertz CT molecular complexity index is 956. The highest BCUT2D eigenvalue weighted by atomic mass is 79.9. The van der Waals surface area contributed by atoms with Crippen LogP contribution in [-0.4, -0.2) is 39.3 Å². The van der Waals surface area contributed by atoms with E-state index in [4.69, 9.17) is 16.3 Å². The number of hydrogen-bond acceptors (Lipinski definition) is 4. The fourth-order valence-corrected chi connectivity index (χ4v) is 4.82. The Kier molecular flexibility index (Phi) is 6.91. The summed E-state index contributed by atoms with van der Waals surface area (Å²) < 4.78 is 32.6. The summed E-state index contributed by atoms with van der Waals surface area (Å²) in [5.41, 5.74) is 2.41. The SMILES string of the molecule is COc1ccc(Cl)cc1S(=O)(=O)N(C)CC(=O)Nc1c(C)cc(Br)cc1C. The molecule has 9 heteroatoms. The third-order valence-electron chi connectivity index (χ3n) is 3.94. The van der Waals surface area contributed by atoms with Crippen LogP contribution in [0.5, 0.6) is 5.75 Å². The molecule has 0 fully saturated rings. The molecule has 2 rings (SSSR count). The van der Waals surface area contributed by atoms with Crippen molar-refractivity contribution in [2.45, 2.75) is 18.7 Å². The number of amides is 1. The van der Waals surface area contributed by atoms with E-state index in [1.807, 2.05) is 26.0 Å². The number of nitrogens with one attached hydrogen (secondary N) is 1. The van der Waals surface area contributed by atoms with Gasteiger partial charge >= 0.3 is 0 Å². The highest BCUT2D eigenvalue weighted by molar-refractivity contribution is 9.10. The number of carbonyl (C=O) groups is 1. The maximum Gasteiger partial charge on any atom is 0.247 e. The lowest BCUT2D eigenvalue weighted by molar-refractivity contribution is -0.116. The van der Waals surface area contributed by atoms with Crippen LogP contribution in [0.25, 0.3) is 0 Å². The van der Waals surface area contributed by atoms with Crippen molar-refractivity contribution in [3.05, 3.63) is 51.0 Å². The molecule has 0 aliphatic carbocycles. The fourth-order valence-electron chi connectivity index (χ4n) is 2.59. The number of likely N-dealkylation sites (N-methyl/N-ethyl adjacent to an activating group) is 1. The Balaban J connectivity index is 2.23. The van der Waals surface area contributed by atoms with E-state index < -0.39 is 15.9 Å². The van der Waals surface area contributed by atoms with E-state index in [0.29, 0.717) is 5.69 Å². The lowest BCUT2D eigenvalue weighted by Crippen LogP contribution is -2.35. The molecule has 0 aliphatic heterocycles. The molecule has 0 saturated heterocycles. The van der Waals surface area contributed by atoms with Gasteiger partial charge < -0.3 is 10.1 Å². The second-order valence-electron chi connectivity index (χ2n) is 6.02. The first-order valence-corrected chi connectivity index (χ1v) is 10.5. The average molecular weight is 476 g/mol. The van der Waals surface area contributed by atoms with Gasteiger partial charge in [-0.1, -0.05) is 27.5 Å². The number of ether oxygens (including phenoxy) is 1. The standard InChI is InChI=1S/C18H20BrClN2O4S/c1-11-7-13(19)8-12(2)18(11)21-17(23)10-22(3)27(24,25)16-9-14(20)5-6-15(16)26-4/h5-9H,10H2,1-4H3,(H,21,23). The van der Waals surface area contributed by atoms with Crippen molar-refractivity contribution in [3.63, 3.8) is 0 Å². The van der Waals surface area contributed by atoms with Crippen LogP contribution < -0.4 is 10.1 Å². The molecule has 0 atom stereocenters. The minimum absolute atomic E-state index is 0.0937. The van der Waals surface area contributed by atoms with Gasteiger partial charge in [0.1, 0.15) is 10.6 Å². The molecule has 1 N–H and O–H groups in total. The van der Waals surface area contributed by atoms with Crippen molar-refractivity contribution < 1.29 is 17.9 Å². The van der Waals surface area contributed by atoms with Crippen LogP contribution in [0, 0.1) is 13.8 Å². The van der Waals surface area contributed by atoms with Crippen LogP contribution in [0.4, 0.5) is 5.69 Å². The summed E-state index contributed by atoms with van der Waals surface area (Å²) in [5.74, 6) is -0.290. The molecule has 2 aromatic rings. The Morgan fingerprint density at radius 3 is 2.37 bits per heavy atom. The number of methoxy groups -OCH3 is 1. The Labute approximate surface area is 172 Å². The van der Waals surface area contributed by atoms with Gasteiger partial charge in [-0.15, -0.1) is 0 Å². The first-order chi connectivity index (χ1) is 12.6. The van der Waals surface area contributed by atoms with E-state index in [1.165, 1.54) is 32.4 Å². The Morgan fingerprint density at radius 2 is 1.81 bits per heavy atom. The number of aryl methyl sites for hydroxylation is 2. The van der Waals surface area contributed by atoms with Gasteiger partial charge in [-0.05, 0) is 55.3 Å². The predicted octanol–water partition coefficient (Wildman–Crippen LogP) is 3.99. The van der Waals surface area contributed by atoms with Crippen LogP contribution in [-0.2, 0) is 14.8 Å². The van der Waals surface area contributed by atoms with Crippen LogP contribution in [0.1, 0.15) is 11.1 Å². The van der Waals surface area contributed by atoms with Gasteiger partial charge in [0.25, 0.3) is 0 Å². The fraction of sp³-hybridized carbons (Fsp3) is 0.278. The number of hydrogen-bond donors (Lipinski definition) is 1. The topological polar surface area (TPSA) is 75.7 Å². The van der Waals surface area contributed by atoms with Crippen molar-refractivity contribution in [1.82, 2.24) is 4.31 Å². The van der Waals surface area contributed by atoms with E-state index in [-0.39, 0.29) is 22.2 Å². The van der Waals surface area contributed by atoms with Gasteiger partial charge in [-0.2, -0.15) is 4.31 Å². The first-order valence-electron chi connectivity index (χ1n) is 7.92. The van der Waals surface area contributed by atoms with Crippen molar-refractivity contribution in [1.29, 1.82) is 0 Å².